The topological polar surface area (TPSA) is 57.6 Å². The molecule has 2 bridgehead atoms. The molecule has 0 spiro atoms. The highest BCUT2D eigenvalue weighted by molar-refractivity contribution is 5.87. The number of nitrogens with zero attached hydrogens (tertiary/aromatic N) is 1. The van der Waals surface area contributed by atoms with Crippen LogP contribution in [0.1, 0.15) is 40.0 Å². The third-order valence-electron chi connectivity index (χ3n) is 5.36. The molecule has 4 nitrogen and oxygen atoms in total. The molecule has 0 aromatic heterocycles. The first kappa shape index (κ1) is 16.1. The van der Waals surface area contributed by atoms with Gasteiger partial charge in [-0.15, -0.1) is 0 Å². The summed E-state index contributed by atoms with van der Waals surface area (Å²) >= 11 is 0. The molecule has 1 amide bonds. The van der Waals surface area contributed by atoms with E-state index in [-0.39, 0.29) is 23.7 Å². The maximum atomic E-state index is 12.9. The molecule has 2 rings (SSSR count). The Hall–Kier alpha value is -1.32. The van der Waals surface area contributed by atoms with E-state index in [1.54, 1.807) is 0 Å². The van der Waals surface area contributed by atoms with Gasteiger partial charge in [-0.25, -0.2) is 0 Å². The van der Waals surface area contributed by atoms with E-state index >= 15 is 0 Å². The number of allylic oxidation sites excluding steroid dienone is 2. The molecule has 4 heteroatoms. The van der Waals surface area contributed by atoms with Crippen LogP contribution in [0.4, 0.5) is 0 Å². The Morgan fingerprint density at radius 3 is 2.19 bits per heavy atom. The van der Waals surface area contributed by atoms with Crippen LogP contribution in [0.3, 0.4) is 0 Å². The smallest absolute Gasteiger partial charge is 0.307 e. The highest BCUT2D eigenvalue weighted by atomic mass is 16.4. The Bertz CT molecular complexity index is 428. The lowest BCUT2D eigenvalue weighted by atomic mass is 9.82. The van der Waals surface area contributed by atoms with Crippen LogP contribution in [-0.4, -0.2) is 35.0 Å². The Balaban J connectivity index is 2.13. The van der Waals surface area contributed by atoms with E-state index in [1.807, 2.05) is 17.9 Å². The molecule has 0 heterocycles. The van der Waals surface area contributed by atoms with Crippen molar-refractivity contribution in [2.24, 2.45) is 29.6 Å². The number of hydrogen-bond acceptors (Lipinski definition) is 2. The van der Waals surface area contributed by atoms with Crippen LogP contribution in [0.2, 0.25) is 0 Å². The van der Waals surface area contributed by atoms with Crippen molar-refractivity contribution >= 4 is 11.9 Å². The van der Waals surface area contributed by atoms with E-state index in [2.05, 4.69) is 19.9 Å². The summed E-state index contributed by atoms with van der Waals surface area (Å²) in [6.45, 7) is 7.70. The van der Waals surface area contributed by atoms with E-state index < -0.39 is 11.9 Å². The molecule has 21 heavy (non-hydrogen) atoms. The minimum Gasteiger partial charge on any atom is -0.481 e. The molecule has 1 saturated carbocycles. The lowest BCUT2D eigenvalue weighted by Crippen LogP contribution is -2.44. The van der Waals surface area contributed by atoms with Gasteiger partial charge in [0, 0.05) is 13.1 Å². The van der Waals surface area contributed by atoms with Gasteiger partial charge in [0.1, 0.15) is 0 Å². The van der Waals surface area contributed by atoms with E-state index in [4.69, 9.17) is 0 Å². The number of hydrogen-bond donors (Lipinski definition) is 1. The summed E-state index contributed by atoms with van der Waals surface area (Å²) in [5, 5.41) is 9.48. The fraction of sp³-hybridized carbons (Fsp3) is 0.765. The van der Waals surface area contributed by atoms with Gasteiger partial charge in [0.15, 0.2) is 0 Å². The molecular formula is C17H27NO3. The summed E-state index contributed by atoms with van der Waals surface area (Å²) in [6, 6.07) is 0. The maximum absolute atomic E-state index is 12.9. The lowest BCUT2D eigenvalue weighted by molar-refractivity contribution is -0.151. The van der Waals surface area contributed by atoms with Crippen LogP contribution in [0, 0.1) is 29.6 Å². The number of carbonyl (C=O) groups is 2. The lowest BCUT2D eigenvalue weighted by Gasteiger charge is -2.32. The summed E-state index contributed by atoms with van der Waals surface area (Å²) in [5.74, 6) is -0.966. The van der Waals surface area contributed by atoms with E-state index in [1.165, 1.54) is 0 Å². The standard InChI is InChI=1S/C17H27NO3/c1-4-11(5-2)10-18(6-3)16(19)14-12-7-8-13(9-12)15(14)17(20)21/h7-8,11-15H,4-6,9-10H2,1-3H3,(H,20,21). The molecule has 0 aromatic rings. The Morgan fingerprint density at radius 2 is 1.71 bits per heavy atom. The number of aliphatic carboxylic acids is 1. The molecule has 118 valence electrons. The number of rotatable bonds is 7. The van der Waals surface area contributed by atoms with Gasteiger partial charge in [0.25, 0.3) is 0 Å². The van der Waals surface area contributed by atoms with Gasteiger partial charge in [-0.1, -0.05) is 38.8 Å². The number of carbonyl (C=O) groups excluding carboxylic acids is 1. The molecule has 4 atom stereocenters. The summed E-state index contributed by atoms with van der Waals surface area (Å²) < 4.78 is 0. The summed E-state index contributed by atoms with van der Waals surface area (Å²) in [5.41, 5.74) is 0. The summed E-state index contributed by atoms with van der Waals surface area (Å²) in [7, 11) is 0. The predicted molar refractivity (Wildman–Crippen MR) is 81.7 cm³/mol. The Kier molecular flexibility index (Phi) is 5.07. The van der Waals surface area contributed by atoms with Gasteiger partial charge < -0.3 is 10.0 Å². The molecule has 2 aliphatic rings. The van der Waals surface area contributed by atoms with Crippen molar-refractivity contribution in [2.45, 2.75) is 40.0 Å². The second kappa shape index (κ2) is 6.63. The van der Waals surface area contributed by atoms with Crippen molar-refractivity contribution in [3.8, 4) is 0 Å². The first-order chi connectivity index (χ1) is 10.0. The average molecular weight is 293 g/mol. The first-order valence-corrected chi connectivity index (χ1v) is 8.23. The zero-order valence-corrected chi connectivity index (χ0v) is 13.3. The minimum absolute atomic E-state index is 0.0494. The maximum Gasteiger partial charge on any atom is 0.307 e. The minimum atomic E-state index is -0.816. The monoisotopic (exact) mass is 293 g/mol. The number of carboxylic acid groups (broad SMARTS) is 1. The van der Waals surface area contributed by atoms with Gasteiger partial charge in [0.05, 0.1) is 11.8 Å². The van der Waals surface area contributed by atoms with Crippen molar-refractivity contribution in [3.63, 3.8) is 0 Å². The molecule has 2 aliphatic carbocycles. The molecule has 0 radical (unpaired) electrons. The SMILES string of the molecule is CCC(CC)CN(CC)C(=O)C1C2C=CC(C2)C1C(=O)O. The van der Waals surface area contributed by atoms with Crippen molar-refractivity contribution in [3.05, 3.63) is 12.2 Å². The zero-order valence-electron chi connectivity index (χ0n) is 13.3. The third-order valence-corrected chi connectivity index (χ3v) is 5.36. The van der Waals surface area contributed by atoms with Crippen LogP contribution >= 0.6 is 0 Å². The highest BCUT2D eigenvalue weighted by Crippen LogP contribution is 2.48. The summed E-state index contributed by atoms with van der Waals surface area (Å²) in [6.07, 6.45) is 6.98. The first-order valence-electron chi connectivity index (χ1n) is 8.23. The molecule has 0 aromatic carbocycles. The van der Waals surface area contributed by atoms with Crippen LogP contribution in [0.15, 0.2) is 12.2 Å². The number of fused-ring (bicyclic) bond motifs is 2. The normalized spacial score (nSPS) is 30.1. The van der Waals surface area contributed by atoms with Crippen LogP contribution in [0.5, 0.6) is 0 Å². The largest absolute Gasteiger partial charge is 0.481 e. The number of carboxylic acids is 1. The van der Waals surface area contributed by atoms with E-state index in [9.17, 15) is 14.7 Å². The van der Waals surface area contributed by atoms with Crippen molar-refractivity contribution in [1.29, 1.82) is 0 Å². The molecular weight excluding hydrogens is 266 g/mol. The molecule has 0 saturated heterocycles. The van der Waals surface area contributed by atoms with E-state index in [0.717, 1.165) is 25.8 Å². The average Bonchev–Trinajstić information content (AvgIpc) is 3.08. The van der Waals surface area contributed by atoms with Crippen LogP contribution < -0.4 is 0 Å². The van der Waals surface area contributed by atoms with E-state index in [0.29, 0.717) is 12.5 Å². The van der Waals surface area contributed by atoms with Gasteiger partial charge in [-0.3, -0.25) is 9.59 Å². The molecule has 1 N–H and O–H groups in total. The Labute approximate surface area is 127 Å². The third kappa shape index (κ3) is 2.99. The molecule has 1 fully saturated rings. The quantitative estimate of drug-likeness (QED) is 0.734. The molecule has 4 unspecified atom stereocenters. The van der Waals surface area contributed by atoms with Crippen LogP contribution in [0.25, 0.3) is 0 Å². The molecule has 0 aliphatic heterocycles. The summed E-state index contributed by atoms with van der Waals surface area (Å²) in [4.78, 5) is 26.3. The van der Waals surface area contributed by atoms with Crippen molar-refractivity contribution in [1.82, 2.24) is 4.90 Å². The zero-order chi connectivity index (χ0) is 15.6. The Morgan fingerprint density at radius 1 is 1.14 bits per heavy atom. The van der Waals surface area contributed by atoms with Crippen molar-refractivity contribution < 1.29 is 14.7 Å². The van der Waals surface area contributed by atoms with Gasteiger partial charge in [-0.2, -0.15) is 0 Å². The van der Waals surface area contributed by atoms with Gasteiger partial charge >= 0.3 is 5.97 Å². The second-order valence-electron chi connectivity index (χ2n) is 6.40. The van der Waals surface area contributed by atoms with Gasteiger partial charge in [0.2, 0.25) is 5.91 Å². The van der Waals surface area contributed by atoms with Crippen LogP contribution in [-0.2, 0) is 9.59 Å². The predicted octanol–water partition coefficient (Wildman–Crippen LogP) is 2.79. The van der Waals surface area contributed by atoms with Gasteiger partial charge in [-0.05, 0) is 31.1 Å². The fourth-order valence-electron chi connectivity index (χ4n) is 3.94. The second-order valence-corrected chi connectivity index (χ2v) is 6.40. The van der Waals surface area contributed by atoms with Crippen molar-refractivity contribution in [2.75, 3.05) is 13.1 Å². The fourth-order valence-corrected chi connectivity index (χ4v) is 3.94. The number of amides is 1. The highest BCUT2D eigenvalue weighted by Gasteiger charge is 2.52.